The number of rotatable bonds is 7. The number of carbonyl (C=O) groups is 1. The van der Waals surface area contributed by atoms with Crippen LogP contribution < -0.4 is 10.6 Å². The van der Waals surface area contributed by atoms with Crippen LogP contribution in [0.5, 0.6) is 0 Å². The van der Waals surface area contributed by atoms with Gasteiger partial charge in [0.05, 0.1) is 0 Å². The van der Waals surface area contributed by atoms with Crippen LogP contribution in [0, 0.1) is 5.92 Å². The zero-order valence-electron chi connectivity index (χ0n) is 18.7. The van der Waals surface area contributed by atoms with Gasteiger partial charge in [0.2, 0.25) is 5.91 Å². The van der Waals surface area contributed by atoms with Gasteiger partial charge in [-0.3, -0.25) is 9.79 Å². The lowest BCUT2D eigenvalue weighted by molar-refractivity contribution is -0.134. The quantitative estimate of drug-likeness (QED) is 0.325. The molecule has 1 saturated carbocycles. The molecule has 0 aromatic heterocycles. The number of benzene rings is 1. The predicted molar refractivity (Wildman–Crippen MR) is 134 cm³/mol. The van der Waals surface area contributed by atoms with E-state index in [1.165, 1.54) is 24.0 Å². The van der Waals surface area contributed by atoms with E-state index in [1.54, 1.807) is 7.05 Å². The highest BCUT2D eigenvalue weighted by molar-refractivity contribution is 14.0. The fourth-order valence-corrected chi connectivity index (χ4v) is 4.34. The van der Waals surface area contributed by atoms with Gasteiger partial charge in [-0.25, -0.2) is 0 Å². The van der Waals surface area contributed by atoms with Gasteiger partial charge in [-0.1, -0.05) is 44.0 Å². The number of hydrogen-bond donors (Lipinski definition) is 2. The van der Waals surface area contributed by atoms with Crippen molar-refractivity contribution in [3.8, 4) is 0 Å². The summed E-state index contributed by atoms with van der Waals surface area (Å²) in [6.07, 6.45) is 5.54. The molecule has 168 valence electrons. The third-order valence-electron chi connectivity index (χ3n) is 6.21. The molecule has 1 unspecified atom stereocenters. The van der Waals surface area contributed by atoms with Crippen molar-refractivity contribution in [1.29, 1.82) is 0 Å². The first kappa shape index (κ1) is 24.9. The van der Waals surface area contributed by atoms with Gasteiger partial charge in [0.25, 0.3) is 0 Å². The number of nitrogens with zero attached hydrogens (tertiary/aromatic N) is 3. The zero-order chi connectivity index (χ0) is 20.6. The van der Waals surface area contributed by atoms with E-state index in [-0.39, 0.29) is 35.9 Å². The average Bonchev–Trinajstić information content (AvgIpc) is 3.43. The van der Waals surface area contributed by atoms with Crippen LogP contribution >= 0.6 is 24.0 Å². The topological polar surface area (TPSA) is 60.0 Å². The third-order valence-corrected chi connectivity index (χ3v) is 6.21. The fraction of sp³-hybridized carbons (Fsp3) is 0.652. The van der Waals surface area contributed by atoms with E-state index < -0.39 is 0 Å². The molecular weight excluding hydrogens is 489 g/mol. The lowest BCUT2D eigenvalue weighted by atomic mass is 10.1. The first-order valence-corrected chi connectivity index (χ1v) is 11.1. The highest BCUT2D eigenvalue weighted by Gasteiger charge is 2.32. The zero-order valence-corrected chi connectivity index (χ0v) is 21.0. The second-order valence-electron chi connectivity index (χ2n) is 8.47. The first-order chi connectivity index (χ1) is 14.1. The maximum absolute atomic E-state index is 12.6. The monoisotopic (exact) mass is 527 g/mol. The molecule has 3 rings (SSSR count). The molecule has 1 atom stereocenters. The van der Waals surface area contributed by atoms with Gasteiger partial charge in [-0.15, -0.1) is 24.0 Å². The second kappa shape index (κ2) is 12.5. The molecule has 6 nitrogen and oxygen atoms in total. The molecular formula is C23H38IN5O. The Morgan fingerprint density at radius 1 is 1.23 bits per heavy atom. The SMILES string of the molecule is CCN(C)Cc1cccc(CNC(=NC)NC2CCN(C(=O)C3CCCC3)C2)c1.I. The minimum atomic E-state index is 0. The van der Waals surface area contributed by atoms with E-state index in [4.69, 9.17) is 0 Å². The molecule has 2 N–H and O–H groups in total. The van der Waals surface area contributed by atoms with Gasteiger partial charge in [0.1, 0.15) is 0 Å². The normalized spacial score (nSPS) is 19.8. The van der Waals surface area contributed by atoms with Crippen LogP contribution in [-0.4, -0.2) is 61.4 Å². The Kier molecular flexibility index (Phi) is 10.4. The Morgan fingerprint density at radius 2 is 1.97 bits per heavy atom. The number of carbonyl (C=O) groups excluding carboxylic acids is 1. The number of hydrogen-bond acceptors (Lipinski definition) is 3. The van der Waals surface area contributed by atoms with Crippen LogP contribution in [0.2, 0.25) is 0 Å². The summed E-state index contributed by atoms with van der Waals surface area (Å²) >= 11 is 0. The third kappa shape index (κ3) is 7.11. The van der Waals surface area contributed by atoms with Crippen LogP contribution in [0.3, 0.4) is 0 Å². The predicted octanol–water partition coefficient (Wildman–Crippen LogP) is 3.21. The Balaban J connectivity index is 0.00000320. The molecule has 1 aliphatic carbocycles. The number of guanidine groups is 1. The molecule has 1 aliphatic heterocycles. The smallest absolute Gasteiger partial charge is 0.225 e. The highest BCUT2D eigenvalue weighted by atomic mass is 127. The number of aliphatic imine (C=N–C) groups is 1. The molecule has 1 heterocycles. The number of amides is 1. The molecule has 1 aromatic carbocycles. The van der Waals surface area contributed by atoms with Crippen LogP contribution in [0.25, 0.3) is 0 Å². The van der Waals surface area contributed by atoms with Crippen molar-refractivity contribution in [2.24, 2.45) is 10.9 Å². The van der Waals surface area contributed by atoms with Gasteiger partial charge in [-0.2, -0.15) is 0 Å². The summed E-state index contributed by atoms with van der Waals surface area (Å²) < 4.78 is 0. The van der Waals surface area contributed by atoms with Crippen molar-refractivity contribution in [3.63, 3.8) is 0 Å². The number of likely N-dealkylation sites (tertiary alicyclic amines) is 1. The standard InChI is InChI=1S/C23H37N5O.HI/c1-4-27(3)16-19-9-7-8-18(14-19)15-25-23(24-2)26-21-12-13-28(17-21)22(29)20-10-5-6-11-20;/h7-9,14,20-21H,4-6,10-13,15-17H2,1-3H3,(H2,24,25,26);1H. The van der Waals surface area contributed by atoms with E-state index in [0.29, 0.717) is 5.91 Å². The molecule has 7 heteroatoms. The molecule has 1 amide bonds. The lowest BCUT2D eigenvalue weighted by Crippen LogP contribution is -2.45. The Labute approximate surface area is 198 Å². The van der Waals surface area contributed by atoms with Crippen molar-refractivity contribution in [2.75, 3.05) is 33.7 Å². The Hall–Kier alpha value is -1.35. The second-order valence-corrected chi connectivity index (χ2v) is 8.47. The van der Waals surface area contributed by atoms with Gasteiger partial charge >= 0.3 is 0 Å². The largest absolute Gasteiger partial charge is 0.352 e. The molecule has 0 bridgehead atoms. The van der Waals surface area contributed by atoms with Gasteiger partial charge in [0, 0.05) is 45.2 Å². The highest BCUT2D eigenvalue weighted by Crippen LogP contribution is 2.27. The molecule has 1 saturated heterocycles. The Bertz CT molecular complexity index is 705. The van der Waals surface area contributed by atoms with E-state index in [0.717, 1.165) is 57.9 Å². The molecule has 30 heavy (non-hydrogen) atoms. The van der Waals surface area contributed by atoms with E-state index in [9.17, 15) is 4.79 Å². The molecule has 2 aliphatic rings. The van der Waals surface area contributed by atoms with Gasteiger partial charge < -0.3 is 20.4 Å². The summed E-state index contributed by atoms with van der Waals surface area (Å²) in [7, 11) is 3.94. The van der Waals surface area contributed by atoms with E-state index in [2.05, 4.69) is 63.7 Å². The van der Waals surface area contributed by atoms with Crippen molar-refractivity contribution in [1.82, 2.24) is 20.4 Å². The summed E-state index contributed by atoms with van der Waals surface area (Å²) in [6.45, 7) is 6.56. The van der Waals surface area contributed by atoms with Gasteiger partial charge in [0.15, 0.2) is 5.96 Å². The summed E-state index contributed by atoms with van der Waals surface area (Å²) in [5.74, 6) is 1.44. The fourth-order valence-electron chi connectivity index (χ4n) is 4.34. The van der Waals surface area contributed by atoms with E-state index >= 15 is 0 Å². The van der Waals surface area contributed by atoms with Crippen LogP contribution in [-0.2, 0) is 17.9 Å². The minimum Gasteiger partial charge on any atom is -0.352 e. The minimum absolute atomic E-state index is 0. The first-order valence-electron chi connectivity index (χ1n) is 11.1. The maximum atomic E-state index is 12.6. The average molecular weight is 527 g/mol. The molecule has 1 aromatic rings. The van der Waals surface area contributed by atoms with Crippen LogP contribution in [0.15, 0.2) is 29.3 Å². The van der Waals surface area contributed by atoms with Crippen LogP contribution in [0.1, 0.15) is 50.2 Å². The van der Waals surface area contributed by atoms with Gasteiger partial charge in [-0.05, 0) is 44.0 Å². The van der Waals surface area contributed by atoms with Crippen molar-refractivity contribution in [2.45, 2.75) is 58.2 Å². The molecule has 2 fully saturated rings. The summed E-state index contributed by atoms with van der Waals surface area (Å²) in [4.78, 5) is 21.4. The summed E-state index contributed by atoms with van der Waals surface area (Å²) in [5.41, 5.74) is 2.58. The number of nitrogens with one attached hydrogen (secondary N) is 2. The number of halogens is 1. The van der Waals surface area contributed by atoms with Crippen molar-refractivity contribution >= 4 is 35.8 Å². The summed E-state index contributed by atoms with van der Waals surface area (Å²) in [5, 5.41) is 6.93. The Morgan fingerprint density at radius 3 is 2.67 bits per heavy atom. The van der Waals surface area contributed by atoms with E-state index in [1.807, 2.05) is 0 Å². The summed E-state index contributed by atoms with van der Waals surface area (Å²) in [6, 6.07) is 8.97. The van der Waals surface area contributed by atoms with Crippen LogP contribution in [0.4, 0.5) is 0 Å². The maximum Gasteiger partial charge on any atom is 0.225 e. The lowest BCUT2D eigenvalue weighted by Gasteiger charge is -2.21. The van der Waals surface area contributed by atoms with Crippen molar-refractivity contribution in [3.05, 3.63) is 35.4 Å². The molecule has 0 radical (unpaired) electrons. The van der Waals surface area contributed by atoms with Crippen molar-refractivity contribution < 1.29 is 4.79 Å². The molecule has 0 spiro atoms.